The summed E-state index contributed by atoms with van der Waals surface area (Å²) in [6.45, 7) is 4.86. The molecular weight excluding hydrogens is 340 g/mol. The van der Waals surface area contributed by atoms with Crippen LogP contribution in [0, 0.1) is 0 Å². The number of benzene rings is 1. The van der Waals surface area contributed by atoms with Crippen LogP contribution < -0.4 is 5.32 Å². The van der Waals surface area contributed by atoms with Crippen molar-refractivity contribution in [1.82, 2.24) is 19.2 Å². The van der Waals surface area contributed by atoms with Gasteiger partial charge < -0.3 is 9.88 Å². The van der Waals surface area contributed by atoms with Gasteiger partial charge in [-0.15, -0.1) is 0 Å². The van der Waals surface area contributed by atoms with E-state index in [-0.39, 0.29) is 16.8 Å². The summed E-state index contributed by atoms with van der Waals surface area (Å²) in [4.78, 5) is 16.3. The first-order valence-electron chi connectivity index (χ1n) is 8.14. The lowest BCUT2D eigenvalue weighted by atomic mass is 10.2. The molecule has 1 N–H and O–H groups in total. The Bertz CT molecular complexity index is 801. The van der Waals surface area contributed by atoms with Gasteiger partial charge in [0.05, 0.1) is 11.2 Å². The number of nitrogens with zero attached hydrogens (tertiary/aromatic N) is 3. The minimum absolute atomic E-state index is 0.120. The Kier molecular flexibility index (Phi) is 6.33. The third kappa shape index (κ3) is 4.90. The number of carbonyl (C=O) groups is 1. The average Bonchev–Trinajstić information content (AvgIpc) is 3.11. The van der Waals surface area contributed by atoms with E-state index in [4.69, 9.17) is 0 Å². The molecule has 0 aliphatic carbocycles. The van der Waals surface area contributed by atoms with Crippen LogP contribution in [0.5, 0.6) is 0 Å². The molecule has 136 valence electrons. The summed E-state index contributed by atoms with van der Waals surface area (Å²) in [5, 5.41) is 2.81. The van der Waals surface area contributed by atoms with Gasteiger partial charge in [0.15, 0.2) is 0 Å². The molecule has 0 saturated carbocycles. The molecule has 8 heteroatoms. The van der Waals surface area contributed by atoms with E-state index >= 15 is 0 Å². The number of nitrogens with one attached hydrogen (secondary N) is 1. The van der Waals surface area contributed by atoms with Crippen molar-refractivity contribution < 1.29 is 13.2 Å². The molecule has 25 heavy (non-hydrogen) atoms. The Morgan fingerprint density at radius 2 is 2.12 bits per heavy atom. The molecule has 0 radical (unpaired) electrons. The van der Waals surface area contributed by atoms with E-state index in [1.165, 1.54) is 23.5 Å². The molecule has 2 aromatic rings. The van der Waals surface area contributed by atoms with Gasteiger partial charge in [0, 0.05) is 44.1 Å². The van der Waals surface area contributed by atoms with Gasteiger partial charge in [-0.05, 0) is 38.5 Å². The summed E-state index contributed by atoms with van der Waals surface area (Å²) in [6, 6.07) is 5.95. The quantitative estimate of drug-likeness (QED) is 0.723. The molecule has 0 bridgehead atoms. The number of hydrogen-bond donors (Lipinski definition) is 1. The SMILES string of the molecule is CC(C)N(C)S(=O)(=O)c1cccc(C(=O)NCCCn2ccnc2)c1. The molecule has 0 aliphatic rings. The van der Waals surface area contributed by atoms with Crippen molar-refractivity contribution in [3.05, 3.63) is 48.5 Å². The number of aryl methyl sites for hydroxylation is 1. The number of amides is 1. The predicted molar refractivity (Wildman–Crippen MR) is 95.7 cm³/mol. The first-order valence-corrected chi connectivity index (χ1v) is 9.58. The molecule has 1 aromatic heterocycles. The van der Waals surface area contributed by atoms with Crippen LogP contribution in [0.2, 0.25) is 0 Å². The average molecular weight is 364 g/mol. The lowest BCUT2D eigenvalue weighted by Crippen LogP contribution is -2.33. The summed E-state index contributed by atoms with van der Waals surface area (Å²) in [6.07, 6.45) is 6.05. The second-order valence-electron chi connectivity index (χ2n) is 6.05. The molecule has 0 saturated heterocycles. The fraction of sp³-hybridized carbons (Fsp3) is 0.412. The van der Waals surface area contributed by atoms with E-state index in [9.17, 15) is 13.2 Å². The smallest absolute Gasteiger partial charge is 0.251 e. The zero-order valence-electron chi connectivity index (χ0n) is 14.7. The number of hydrogen-bond acceptors (Lipinski definition) is 4. The Morgan fingerprint density at radius 3 is 2.76 bits per heavy atom. The van der Waals surface area contributed by atoms with E-state index in [0.29, 0.717) is 12.1 Å². The molecule has 0 aliphatic heterocycles. The van der Waals surface area contributed by atoms with Crippen molar-refractivity contribution in [2.45, 2.75) is 37.8 Å². The van der Waals surface area contributed by atoms with E-state index in [0.717, 1.165) is 13.0 Å². The zero-order chi connectivity index (χ0) is 18.4. The normalized spacial score (nSPS) is 11.9. The Balaban J connectivity index is 1.99. The fourth-order valence-corrected chi connectivity index (χ4v) is 3.64. The number of imidazole rings is 1. The molecule has 0 spiro atoms. The van der Waals surface area contributed by atoms with Crippen molar-refractivity contribution in [3.8, 4) is 0 Å². The molecule has 0 fully saturated rings. The maximum Gasteiger partial charge on any atom is 0.251 e. The molecule has 0 unspecified atom stereocenters. The van der Waals surface area contributed by atoms with Crippen molar-refractivity contribution >= 4 is 15.9 Å². The molecule has 1 heterocycles. The van der Waals surface area contributed by atoms with Gasteiger partial charge in [0.1, 0.15) is 0 Å². The summed E-state index contributed by atoms with van der Waals surface area (Å²) < 4.78 is 28.3. The summed E-state index contributed by atoms with van der Waals surface area (Å²) in [5.41, 5.74) is 0.334. The van der Waals surface area contributed by atoms with Crippen molar-refractivity contribution in [1.29, 1.82) is 0 Å². The fourth-order valence-electron chi connectivity index (χ4n) is 2.23. The Labute approximate surface area is 148 Å². The van der Waals surface area contributed by atoms with Crippen molar-refractivity contribution in [2.75, 3.05) is 13.6 Å². The summed E-state index contributed by atoms with van der Waals surface area (Å²) in [5.74, 6) is -0.283. The summed E-state index contributed by atoms with van der Waals surface area (Å²) in [7, 11) is -2.08. The molecule has 2 rings (SSSR count). The van der Waals surface area contributed by atoms with Crippen LogP contribution >= 0.6 is 0 Å². The number of sulfonamides is 1. The maximum absolute atomic E-state index is 12.5. The predicted octanol–water partition coefficient (Wildman–Crippen LogP) is 1.73. The second-order valence-corrected chi connectivity index (χ2v) is 8.05. The largest absolute Gasteiger partial charge is 0.352 e. The Hall–Kier alpha value is -2.19. The van der Waals surface area contributed by atoms with Gasteiger partial charge >= 0.3 is 0 Å². The van der Waals surface area contributed by atoms with E-state index < -0.39 is 10.0 Å². The third-order valence-corrected chi connectivity index (χ3v) is 5.97. The van der Waals surface area contributed by atoms with Crippen LogP contribution in [0.4, 0.5) is 0 Å². The van der Waals surface area contributed by atoms with Gasteiger partial charge in [0.2, 0.25) is 10.0 Å². The maximum atomic E-state index is 12.5. The lowest BCUT2D eigenvalue weighted by molar-refractivity contribution is 0.0952. The van der Waals surface area contributed by atoms with Crippen LogP contribution in [-0.2, 0) is 16.6 Å². The molecule has 7 nitrogen and oxygen atoms in total. The molecule has 0 atom stereocenters. The van der Waals surface area contributed by atoms with E-state index in [1.807, 2.05) is 10.8 Å². The van der Waals surface area contributed by atoms with Gasteiger partial charge in [-0.3, -0.25) is 4.79 Å². The topological polar surface area (TPSA) is 84.3 Å². The van der Waals surface area contributed by atoms with Crippen LogP contribution in [-0.4, -0.2) is 47.8 Å². The third-order valence-electron chi connectivity index (χ3n) is 3.94. The van der Waals surface area contributed by atoms with Gasteiger partial charge in [-0.1, -0.05) is 6.07 Å². The number of aromatic nitrogens is 2. The highest BCUT2D eigenvalue weighted by molar-refractivity contribution is 7.89. The second kappa shape index (κ2) is 8.26. The Morgan fingerprint density at radius 1 is 1.36 bits per heavy atom. The van der Waals surface area contributed by atoms with Crippen LogP contribution in [0.3, 0.4) is 0 Å². The monoisotopic (exact) mass is 364 g/mol. The minimum atomic E-state index is -3.61. The van der Waals surface area contributed by atoms with Crippen LogP contribution in [0.1, 0.15) is 30.6 Å². The van der Waals surface area contributed by atoms with Crippen molar-refractivity contribution in [2.24, 2.45) is 0 Å². The standard InChI is InChI=1S/C17H24N4O3S/c1-14(2)20(3)25(23,24)16-7-4-6-15(12-16)17(22)19-8-5-10-21-11-9-18-13-21/h4,6-7,9,11-14H,5,8,10H2,1-3H3,(H,19,22). The first kappa shape index (κ1) is 19.1. The van der Waals surface area contributed by atoms with E-state index in [2.05, 4.69) is 10.3 Å². The van der Waals surface area contributed by atoms with Crippen LogP contribution in [0.25, 0.3) is 0 Å². The number of rotatable bonds is 8. The minimum Gasteiger partial charge on any atom is -0.352 e. The first-order chi connectivity index (χ1) is 11.8. The van der Waals surface area contributed by atoms with E-state index in [1.54, 1.807) is 38.5 Å². The molecule has 1 amide bonds. The molecular formula is C17H24N4O3S. The van der Waals surface area contributed by atoms with Crippen molar-refractivity contribution in [3.63, 3.8) is 0 Å². The summed E-state index contributed by atoms with van der Waals surface area (Å²) >= 11 is 0. The zero-order valence-corrected chi connectivity index (χ0v) is 15.5. The van der Waals surface area contributed by atoms with Crippen LogP contribution in [0.15, 0.2) is 47.9 Å². The van der Waals surface area contributed by atoms with Gasteiger partial charge in [-0.2, -0.15) is 4.31 Å². The highest BCUT2D eigenvalue weighted by Crippen LogP contribution is 2.17. The number of carbonyl (C=O) groups excluding carboxylic acids is 1. The lowest BCUT2D eigenvalue weighted by Gasteiger charge is -2.21. The highest BCUT2D eigenvalue weighted by atomic mass is 32.2. The van der Waals surface area contributed by atoms with Gasteiger partial charge in [0.25, 0.3) is 5.91 Å². The molecule has 1 aromatic carbocycles. The van der Waals surface area contributed by atoms with Gasteiger partial charge in [-0.25, -0.2) is 13.4 Å². The highest BCUT2D eigenvalue weighted by Gasteiger charge is 2.23.